The Morgan fingerprint density at radius 2 is 1.81 bits per heavy atom. The second-order valence-corrected chi connectivity index (χ2v) is 7.13. The van der Waals surface area contributed by atoms with E-state index in [1.54, 1.807) is 19.2 Å². The molecule has 32 heavy (non-hydrogen) atoms. The molecule has 0 spiro atoms. The van der Waals surface area contributed by atoms with Crippen molar-refractivity contribution in [1.29, 1.82) is 0 Å². The number of nitrogens with zero attached hydrogens (tertiary/aromatic N) is 3. The molecule has 0 aliphatic rings. The molecule has 0 aliphatic heterocycles. The summed E-state index contributed by atoms with van der Waals surface area (Å²) in [5, 5.41) is 6.86. The molecule has 0 atom stereocenters. The summed E-state index contributed by atoms with van der Waals surface area (Å²) < 4.78 is 5.94. The first-order valence-electron chi connectivity index (χ1n) is 9.98. The first-order chi connectivity index (χ1) is 15.5. The lowest BCUT2D eigenvalue weighted by Gasteiger charge is -2.13. The minimum absolute atomic E-state index is 0.367. The van der Waals surface area contributed by atoms with E-state index in [0.717, 1.165) is 33.6 Å². The lowest BCUT2D eigenvalue weighted by molar-refractivity contribution is -0.111. The van der Waals surface area contributed by atoms with E-state index in [-0.39, 0.29) is 5.91 Å². The molecule has 7 nitrogen and oxygen atoms in total. The fraction of sp³-hybridized carbons (Fsp3) is 0.120. The van der Waals surface area contributed by atoms with Gasteiger partial charge in [0.05, 0.1) is 11.7 Å². The Hall–Kier alpha value is -4.44. The largest absolute Gasteiger partial charge is 0.455 e. The molecule has 0 fully saturated rings. The van der Waals surface area contributed by atoms with Crippen molar-refractivity contribution in [2.24, 2.45) is 0 Å². The number of ether oxygens (including phenoxy) is 1. The van der Waals surface area contributed by atoms with Crippen molar-refractivity contribution < 1.29 is 9.53 Å². The molecule has 0 unspecified atom stereocenters. The molecule has 2 heterocycles. The van der Waals surface area contributed by atoms with E-state index < -0.39 is 0 Å². The van der Waals surface area contributed by atoms with E-state index in [1.165, 1.54) is 6.33 Å². The summed E-state index contributed by atoms with van der Waals surface area (Å²) in [4.78, 5) is 24.7. The summed E-state index contributed by atoms with van der Waals surface area (Å²) in [5.74, 6) is 6.74. The number of aromatic nitrogens is 3. The van der Waals surface area contributed by atoms with Crippen LogP contribution in [0.4, 0.5) is 17.2 Å². The number of nitrogens with one attached hydrogen (secondary N) is 2. The Morgan fingerprint density at radius 1 is 0.969 bits per heavy atom. The summed E-state index contributed by atoms with van der Waals surface area (Å²) in [7, 11) is 0. The van der Waals surface area contributed by atoms with Crippen molar-refractivity contribution in [3.63, 3.8) is 0 Å². The zero-order valence-electron chi connectivity index (χ0n) is 17.9. The molecule has 0 aliphatic carbocycles. The number of hydrogen-bond donors (Lipinski definition) is 2. The Kier molecular flexibility index (Phi) is 5.95. The van der Waals surface area contributed by atoms with Gasteiger partial charge in [-0.05, 0) is 80.8 Å². The number of anilines is 3. The predicted molar refractivity (Wildman–Crippen MR) is 125 cm³/mol. The Bertz CT molecular complexity index is 1350. The maximum absolute atomic E-state index is 11.8. The van der Waals surface area contributed by atoms with Gasteiger partial charge in [0.25, 0.3) is 5.91 Å². The van der Waals surface area contributed by atoms with E-state index in [1.807, 2.05) is 56.3 Å². The first-order valence-corrected chi connectivity index (χ1v) is 9.98. The van der Waals surface area contributed by atoms with Crippen molar-refractivity contribution in [2.45, 2.75) is 20.8 Å². The first kappa shape index (κ1) is 20.8. The van der Waals surface area contributed by atoms with E-state index >= 15 is 0 Å². The number of benzene rings is 2. The third-order valence-electron chi connectivity index (χ3n) is 4.68. The molecule has 0 saturated heterocycles. The van der Waals surface area contributed by atoms with Crippen molar-refractivity contribution in [3.8, 4) is 23.3 Å². The highest BCUT2D eigenvalue weighted by Gasteiger charge is 2.09. The standard InChI is InChI=1S/C25H21N5O2/c1-4-5-24(31)29-19-7-10-22-21(13-19)25(28-15-27-22)30-18-8-11-23(16(2)12-18)32-20-9-6-17(3)26-14-20/h6-15H,1-3H3,(H,29,31)(H,27,28,30). The number of fused-ring (bicyclic) bond motifs is 1. The molecular formula is C25H21N5O2. The second kappa shape index (κ2) is 9.14. The molecule has 0 radical (unpaired) electrons. The van der Waals surface area contributed by atoms with Crippen molar-refractivity contribution in [2.75, 3.05) is 10.6 Å². The second-order valence-electron chi connectivity index (χ2n) is 7.13. The van der Waals surface area contributed by atoms with Crippen molar-refractivity contribution >= 4 is 34.0 Å². The van der Waals surface area contributed by atoms with Gasteiger partial charge in [0, 0.05) is 22.5 Å². The number of pyridine rings is 1. The van der Waals surface area contributed by atoms with Crippen LogP contribution in [-0.4, -0.2) is 20.9 Å². The van der Waals surface area contributed by atoms with Crippen LogP contribution >= 0.6 is 0 Å². The van der Waals surface area contributed by atoms with E-state index in [0.29, 0.717) is 17.3 Å². The van der Waals surface area contributed by atoms with Gasteiger partial charge in [0.15, 0.2) is 0 Å². The lowest BCUT2D eigenvalue weighted by atomic mass is 10.1. The average Bonchev–Trinajstić information content (AvgIpc) is 2.78. The van der Waals surface area contributed by atoms with Crippen molar-refractivity contribution in [3.05, 3.63) is 72.3 Å². The Balaban J connectivity index is 1.58. The number of rotatable bonds is 5. The number of aryl methyl sites for hydroxylation is 2. The normalized spacial score (nSPS) is 10.2. The summed E-state index contributed by atoms with van der Waals surface area (Å²) in [6.45, 7) is 5.52. The van der Waals surface area contributed by atoms with E-state index in [2.05, 4.69) is 37.4 Å². The summed E-state index contributed by atoms with van der Waals surface area (Å²) in [6, 6.07) is 15.0. The number of carbonyl (C=O) groups excluding carboxylic acids is 1. The molecule has 0 saturated carbocycles. The highest BCUT2D eigenvalue weighted by molar-refractivity contribution is 6.05. The van der Waals surface area contributed by atoms with Gasteiger partial charge in [-0.25, -0.2) is 9.97 Å². The Morgan fingerprint density at radius 3 is 2.56 bits per heavy atom. The Labute approximate surface area is 185 Å². The smallest absolute Gasteiger partial charge is 0.300 e. The maximum atomic E-state index is 11.8. The maximum Gasteiger partial charge on any atom is 0.300 e. The topological polar surface area (TPSA) is 89.0 Å². The minimum atomic E-state index is -0.367. The summed E-state index contributed by atoms with van der Waals surface area (Å²) in [5.41, 5.74) is 4.12. The number of hydrogen-bond acceptors (Lipinski definition) is 6. The molecule has 1 amide bonds. The molecule has 0 bridgehead atoms. The van der Waals surface area contributed by atoms with Crippen LogP contribution in [0.1, 0.15) is 18.2 Å². The minimum Gasteiger partial charge on any atom is -0.455 e. The third-order valence-corrected chi connectivity index (χ3v) is 4.68. The fourth-order valence-corrected chi connectivity index (χ4v) is 3.13. The zero-order chi connectivity index (χ0) is 22.5. The fourth-order valence-electron chi connectivity index (χ4n) is 3.13. The van der Waals surface area contributed by atoms with Gasteiger partial charge < -0.3 is 15.4 Å². The molecule has 7 heteroatoms. The van der Waals surface area contributed by atoms with Crippen LogP contribution in [0.25, 0.3) is 10.9 Å². The zero-order valence-corrected chi connectivity index (χ0v) is 17.9. The van der Waals surface area contributed by atoms with Gasteiger partial charge in [-0.2, -0.15) is 0 Å². The van der Waals surface area contributed by atoms with Crippen LogP contribution in [0.5, 0.6) is 11.5 Å². The number of amides is 1. The van der Waals surface area contributed by atoms with Gasteiger partial charge >= 0.3 is 0 Å². The molecule has 2 aromatic heterocycles. The van der Waals surface area contributed by atoms with Gasteiger partial charge in [-0.1, -0.05) is 5.92 Å². The predicted octanol–water partition coefficient (Wildman–Crippen LogP) is 5.14. The summed E-state index contributed by atoms with van der Waals surface area (Å²) >= 11 is 0. The molecule has 158 valence electrons. The van der Waals surface area contributed by atoms with E-state index in [4.69, 9.17) is 4.74 Å². The van der Waals surface area contributed by atoms with Gasteiger partial charge in [-0.15, -0.1) is 0 Å². The molecule has 4 rings (SSSR count). The van der Waals surface area contributed by atoms with Gasteiger partial charge in [0.1, 0.15) is 23.6 Å². The SMILES string of the molecule is CC#CC(=O)Nc1ccc2ncnc(Nc3ccc(Oc4ccc(C)nc4)c(C)c3)c2c1. The van der Waals surface area contributed by atoms with Crippen LogP contribution in [0, 0.1) is 25.7 Å². The van der Waals surface area contributed by atoms with Gasteiger partial charge in [0.2, 0.25) is 0 Å². The van der Waals surface area contributed by atoms with Gasteiger partial charge in [-0.3, -0.25) is 9.78 Å². The molecular weight excluding hydrogens is 402 g/mol. The highest BCUT2D eigenvalue weighted by atomic mass is 16.5. The molecule has 2 aromatic carbocycles. The third kappa shape index (κ3) is 4.82. The lowest BCUT2D eigenvalue weighted by Crippen LogP contribution is -2.08. The van der Waals surface area contributed by atoms with Crippen LogP contribution in [0.3, 0.4) is 0 Å². The summed E-state index contributed by atoms with van der Waals surface area (Å²) in [6.07, 6.45) is 3.20. The molecule has 2 N–H and O–H groups in total. The highest BCUT2D eigenvalue weighted by Crippen LogP contribution is 2.30. The van der Waals surface area contributed by atoms with Crippen molar-refractivity contribution in [1.82, 2.24) is 15.0 Å². The van der Waals surface area contributed by atoms with Crippen LogP contribution in [-0.2, 0) is 4.79 Å². The number of carbonyl (C=O) groups is 1. The van der Waals surface area contributed by atoms with E-state index in [9.17, 15) is 4.79 Å². The van der Waals surface area contributed by atoms with Crippen LogP contribution in [0.15, 0.2) is 61.1 Å². The monoisotopic (exact) mass is 423 g/mol. The van der Waals surface area contributed by atoms with Crippen LogP contribution in [0.2, 0.25) is 0 Å². The quantitative estimate of drug-likeness (QED) is 0.432. The van der Waals surface area contributed by atoms with Crippen LogP contribution < -0.4 is 15.4 Å². The average molecular weight is 423 g/mol. The molecule has 4 aromatic rings.